The second-order valence-corrected chi connectivity index (χ2v) is 8.04. The average Bonchev–Trinajstić information content (AvgIpc) is 3.15. The van der Waals surface area contributed by atoms with Gasteiger partial charge in [-0.2, -0.15) is 5.10 Å². The Hall–Kier alpha value is -1.93. The molecule has 3 N–H and O–H groups in total. The molecule has 142 valence electrons. The van der Waals surface area contributed by atoms with Gasteiger partial charge in [0.1, 0.15) is 10.2 Å². The van der Waals surface area contributed by atoms with Gasteiger partial charge >= 0.3 is 0 Å². The van der Waals surface area contributed by atoms with Gasteiger partial charge in [0.15, 0.2) is 0 Å². The van der Waals surface area contributed by atoms with Crippen molar-refractivity contribution in [2.75, 3.05) is 11.9 Å². The molecule has 9 heteroatoms. The summed E-state index contributed by atoms with van der Waals surface area (Å²) < 4.78 is 16.0. The first-order valence-electron chi connectivity index (χ1n) is 8.12. The van der Waals surface area contributed by atoms with Crippen molar-refractivity contribution in [2.24, 2.45) is 18.7 Å². The molecule has 0 radical (unpaired) electrons. The van der Waals surface area contributed by atoms with Crippen LogP contribution >= 0.6 is 34.5 Å². The van der Waals surface area contributed by atoms with Gasteiger partial charge in [-0.3, -0.25) is 9.48 Å². The Morgan fingerprint density at radius 3 is 2.78 bits per heavy atom. The summed E-state index contributed by atoms with van der Waals surface area (Å²) in [5, 5.41) is 7.93. The van der Waals surface area contributed by atoms with Crippen LogP contribution in [-0.2, 0) is 18.3 Å². The SMILES string of the molecule is Cn1ncc(Cl)c1-c1cc(NC(=O)C(CN)Cc2ccccc2F)sc1Cl. The fourth-order valence-corrected chi connectivity index (χ4v) is 4.19. The second kappa shape index (κ2) is 8.39. The van der Waals surface area contributed by atoms with E-state index in [-0.39, 0.29) is 24.7 Å². The van der Waals surface area contributed by atoms with Crippen molar-refractivity contribution in [2.45, 2.75) is 6.42 Å². The van der Waals surface area contributed by atoms with Crippen LogP contribution in [0, 0.1) is 11.7 Å². The van der Waals surface area contributed by atoms with Crippen molar-refractivity contribution < 1.29 is 9.18 Å². The Kier molecular flexibility index (Phi) is 6.16. The molecule has 3 aromatic rings. The molecule has 0 aliphatic heterocycles. The smallest absolute Gasteiger partial charge is 0.229 e. The molecule has 0 fully saturated rings. The van der Waals surface area contributed by atoms with E-state index in [1.54, 1.807) is 36.0 Å². The molecule has 1 unspecified atom stereocenters. The highest BCUT2D eigenvalue weighted by atomic mass is 35.5. The number of aromatic nitrogens is 2. The molecule has 0 saturated heterocycles. The van der Waals surface area contributed by atoms with E-state index in [2.05, 4.69) is 10.4 Å². The molecule has 3 rings (SSSR count). The third-order valence-electron chi connectivity index (χ3n) is 4.16. The van der Waals surface area contributed by atoms with E-state index in [0.717, 1.165) is 0 Å². The highest BCUT2D eigenvalue weighted by Gasteiger charge is 2.22. The van der Waals surface area contributed by atoms with Crippen LogP contribution in [0.5, 0.6) is 0 Å². The number of carbonyl (C=O) groups is 1. The molecule has 0 aliphatic carbocycles. The topological polar surface area (TPSA) is 72.9 Å². The number of hydrogen-bond donors (Lipinski definition) is 2. The van der Waals surface area contributed by atoms with E-state index >= 15 is 0 Å². The maximum absolute atomic E-state index is 13.9. The van der Waals surface area contributed by atoms with Crippen LogP contribution < -0.4 is 11.1 Å². The highest BCUT2D eigenvalue weighted by molar-refractivity contribution is 7.20. The monoisotopic (exact) mass is 426 g/mol. The van der Waals surface area contributed by atoms with Gasteiger partial charge in [0, 0.05) is 19.2 Å². The van der Waals surface area contributed by atoms with E-state index < -0.39 is 5.92 Å². The van der Waals surface area contributed by atoms with Crippen LogP contribution in [0.3, 0.4) is 0 Å². The number of nitrogens with two attached hydrogens (primary N) is 1. The fraction of sp³-hybridized carbons (Fsp3) is 0.222. The van der Waals surface area contributed by atoms with Crippen molar-refractivity contribution in [3.63, 3.8) is 0 Å². The first-order valence-corrected chi connectivity index (χ1v) is 9.69. The number of nitrogens with zero attached hydrogens (tertiary/aromatic N) is 2. The lowest BCUT2D eigenvalue weighted by molar-refractivity contribution is -0.119. The number of rotatable bonds is 6. The first-order chi connectivity index (χ1) is 12.9. The summed E-state index contributed by atoms with van der Waals surface area (Å²) in [6.07, 6.45) is 1.75. The van der Waals surface area contributed by atoms with Gasteiger partial charge in [0.25, 0.3) is 0 Å². The largest absolute Gasteiger partial charge is 0.330 e. The number of amides is 1. The van der Waals surface area contributed by atoms with Gasteiger partial charge < -0.3 is 11.1 Å². The Morgan fingerprint density at radius 2 is 2.15 bits per heavy atom. The zero-order valence-corrected chi connectivity index (χ0v) is 16.7. The molecule has 5 nitrogen and oxygen atoms in total. The summed E-state index contributed by atoms with van der Waals surface area (Å²) in [5.41, 5.74) is 7.54. The molecule has 0 saturated carbocycles. The number of anilines is 1. The molecule has 27 heavy (non-hydrogen) atoms. The van der Waals surface area contributed by atoms with E-state index in [1.807, 2.05) is 0 Å². The van der Waals surface area contributed by atoms with Gasteiger partial charge in [-0.1, -0.05) is 41.4 Å². The molecule has 0 spiro atoms. The Labute approximate surface area is 169 Å². The minimum atomic E-state index is -0.563. The van der Waals surface area contributed by atoms with Crippen molar-refractivity contribution in [1.29, 1.82) is 0 Å². The predicted octanol–water partition coefficient (Wildman–Crippen LogP) is 4.35. The molecule has 1 aromatic carbocycles. The summed E-state index contributed by atoms with van der Waals surface area (Å²) in [5.74, 6) is -1.20. The van der Waals surface area contributed by atoms with Gasteiger partial charge in [-0.15, -0.1) is 11.3 Å². The molecule has 1 amide bonds. The van der Waals surface area contributed by atoms with Crippen molar-refractivity contribution in [3.8, 4) is 11.3 Å². The zero-order chi connectivity index (χ0) is 19.6. The van der Waals surface area contributed by atoms with Crippen LogP contribution in [0.15, 0.2) is 36.5 Å². The summed E-state index contributed by atoms with van der Waals surface area (Å²) >= 11 is 13.7. The van der Waals surface area contributed by atoms with Gasteiger partial charge in [0.2, 0.25) is 5.91 Å². The van der Waals surface area contributed by atoms with Gasteiger partial charge in [0.05, 0.1) is 27.8 Å². The average molecular weight is 427 g/mol. The molecule has 2 heterocycles. The number of hydrogen-bond acceptors (Lipinski definition) is 4. The molecular formula is C18H17Cl2FN4OS. The van der Waals surface area contributed by atoms with Crippen molar-refractivity contribution in [3.05, 3.63) is 57.3 Å². The summed E-state index contributed by atoms with van der Waals surface area (Å²) in [6.45, 7) is 0.0969. The van der Waals surface area contributed by atoms with Crippen molar-refractivity contribution >= 4 is 45.4 Å². The first kappa shape index (κ1) is 19.8. The standard InChI is InChI=1S/C18H17Cl2FN4OS/c1-25-16(13(19)9-23-25)12-7-15(27-17(12)20)24-18(26)11(8-22)6-10-4-2-3-5-14(10)21/h2-5,7,9,11H,6,8,22H2,1H3,(H,24,26). The van der Waals surface area contributed by atoms with Crippen LogP contribution in [0.1, 0.15) is 5.56 Å². The minimum Gasteiger partial charge on any atom is -0.330 e. The fourth-order valence-electron chi connectivity index (χ4n) is 2.74. The summed E-state index contributed by atoms with van der Waals surface area (Å²) in [4.78, 5) is 12.6. The van der Waals surface area contributed by atoms with Gasteiger partial charge in [-0.25, -0.2) is 4.39 Å². The third kappa shape index (κ3) is 4.32. The maximum atomic E-state index is 13.9. The van der Waals surface area contributed by atoms with Crippen LogP contribution in [0.2, 0.25) is 9.36 Å². The summed E-state index contributed by atoms with van der Waals surface area (Å²) in [7, 11) is 1.76. The Bertz CT molecular complexity index is 953. The Balaban J connectivity index is 1.77. The number of nitrogens with one attached hydrogen (secondary N) is 1. The summed E-state index contributed by atoms with van der Waals surface area (Å²) in [6, 6.07) is 8.09. The minimum absolute atomic E-state index is 0.0969. The highest BCUT2D eigenvalue weighted by Crippen LogP contribution is 2.41. The van der Waals surface area contributed by atoms with E-state index in [4.69, 9.17) is 28.9 Å². The number of aryl methyl sites for hydroxylation is 1. The van der Waals surface area contributed by atoms with Crippen LogP contribution in [-0.4, -0.2) is 22.2 Å². The maximum Gasteiger partial charge on any atom is 0.229 e. The lowest BCUT2D eigenvalue weighted by Crippen LogP contribution is -2.31. The molecule has 2 aromatic heterocycles. The zero-order valence-electron chi connectivity index (χ0n) is 14.4. The predicted molar refractivity (Wildman–Crippen MR) is 108 cm³/mol. The number of thiophene rings is 1. The number of halogens is 3. The van der Waals surface area contributed by atoms with Gasteiger partial charge in [-0.05, 0) is 24.1 Å². The number of benzene rings is 1. The normalized spacial score (nSPS) is 12.2. The lowest BCUT2D eigenvalue weighted by Gasteiger charge is -2.14. The number of carbonyl (C=O) groups excluding carboxylic acids is 1. The van der Waals surface area contributed by atoms with Crippen LogP contribution in [0.4, 0.5) is 9.39 Å². The van der Waals surface area contributed by atoms with E-state index in [9.17, 15) is 9.18 Å². The van der Waals surface area contributed by atoms with Crippen molar-refractivity contribution in [1.82, 2.24) is 9.78 Å². The van der Waals surface area contributed by atoms with Crippen LogP contribution in [0.25, 0.3) is 11.3 Å². The second-order valence-electron chi connectivity index (χ2n) is 5.98. The molecular weight excluding hydrogens is 410 g/mol. The Morgan fingerprint density at radius 1 is 1.41 bits per heavy atom. The quantitative estimate of drug-likeness (QED) is 0.615. The lowest BCUT2D eigenvalue weighted by atomic mass is 9.98. The molecule has 0 aliphatic rings. The van der Waals surface area contributed by atoms with E-state index in [1.165, 1.54) is 23.6 Å². The molecule has 0 bridgehead atoms. The van der Waals surface area contributed by atoms with E-state index in [0.29, 0.717) is 31.2 Å². The third-order valence-corrected chi connectivity index (χ3v) is 5.71. The molecule has 1 atom stereocenters.